The SMILES string of the molecule is NC(=NOC(=O)c1ccccc1)c1ccccc1. The van der Waals surface area contributed by atoms with E-state index >= 15 is 0 Å². The number of carbonyl (C=O) groups is 1. The highest BCUT2D eigenvalue weighted by molar-refractivity contribution is 5.98. The topological polar surface area (TPSA) is 64.7 Å². The van der Waals surface area contributed by atoms with Crippen LogP contribution in [0.25, 0.3) is 0 Å². The molecule has 0 bridgehead atoms. The Labute approximate surface area is 105 Å². The van der Waals surface area contributed by atoms with E-state index in [1.54, 1.807) is 36.4 Å². The third-order valence-electron chi connectivity index (χ3n) is 2.31. The first-order chi connectivity index (χ1) is 8.77. The van der Waals surface area contributed by atoms with Crippen molar-refractivity contribution in [2.45, 2.75) is 0 Å². The molecule has 0 aliphatic heterocycles. The number of hydrogen-bond donors (Lipinski definition) is 1. The summed E-state index contributed by atoms with van der Waals surface area (Å²) in [4.78, 5) is 16.4. The molecule has 0 heterocycles. The van der Waals surface area contributed by atoms with Crippen LogP contribution in [0.15, 0.2) is 65.8 Å². The summed E-state index contributed by atoms with van der Waals surface area (Å²) < 4.78 is 0. The molecule has 0 saturated heterocycles. The average Bonchev–Trinajstić information content (AvgIpc) is 2.46. The number of benzene rings is 2. The normalized spacial score (nSPS) is 11.0. The number of carbonyl (C=O) groups excluding carboxylic acids is 1. The zero-order valence-corrected chi connectivity index (χ0v) is 9.61. The monoisotopic (exact) mass is 240 g/mol. The maximum atomic E-state index is 11.6. The predicted octanol–water partition coefficient (Wildman–Crippen LogP) is 2.16. The lowest BCUT2D eigenvalue weighted by Gasteiger charge is -2.00. The van der Waals surface area contributed by atoms with Crippen LogP contribution in [0.4, 0.5) is 0 Å². The fourth-order valence-corrected chi connectivity index (χ4v) is 1.38. The van der Waals surface area contributed by atoms with Gasteiger partial charge in [0.2, 0.25) is 0 Å². The summed E-state index contributed by atoms with van der Waals surface area (Å²) in [5, 5.41) is 3.62. The van der Waals surface area contributed by atoms with Crippen LogP contribution in [0.2, 0.25) is 0 Å². The highest BCUT2D eigenvalue weighted by atomic mass is 16.7. The lowest BCUT2D eigenvalue weighted by Crippen LogP contribution is -2.15. The van der Waals surface area contributed by atoms with E-state index in [4.69, 9.17) is 10.6 Å². The van der Waals surface area contributed by atoms with Crippen molar-refractivity contribution in [3.8, 4) is 0 Å². The van der Waals surface area contributed by atoms with Crippen molar-refractivity contribution in [3.05, 3.63) is 71.8 Å². The van der Waals surface area contributed by atoms with Crippen molar-refractivity contribution in [1.29, 1.82) is 0 Å². The second-order valence-corrected chi connectivity index (χ2v) is 3.59. The largest absolute Gasteiger partial charge is 0.380 e. The second-order valence-electron chi connectivity index (χ2n) is 3.59. The zero-order valence-electron chi connectivity index (χ0n) is 9.61. The van der Waals surface area contributed by atoms with Crippen LogP contribution in [0.3, 0.4) is 0 Å². The maximum absolute atomic E-state index is 11.6. The van der Waals surface area contributed by atoms with Crippen molar-refractivity contribution >= 4 is 11.8 Å². The lowest BCUT2D eigenvalue weighted by atomic mass is 10.2. The van der Waals surface area contributed by atoms with Crippen molar-refractivity contribution in [1.82, 2.24) is 0 Å². The Balaban J connectivity index is 2.05. The Morgan fingerprint density at radius 3 is 1.94 bits per heavy atom. The minimum atomic E-state index is -0.533. The van der Waals surface area contributed by atoms with Crippen molar-refractivity contribution in [2.24, 2.45) is 10.9 Å². The maximum Gasteiger partial charge on any atom is 0.365 e. The highest BCUT2D eigenvalue weighted by Gasteiger charge is 2.06. The first-order valence-corrected chi connectivity index (χ1v) is 5.42. The van der Waals surface area contributed by atoms with E-state index in [-0.39, 0.29) is 5.84 Å². The third-order valence-corrected chi connectivity index (χ3v) is 2.31. The van der Waals surface area contributed by atoms with Crippen LogP contribution in [-0.4, -0.2) is 11.8 Å². The first-order valence-electron chi connectivity index (χ1n) is 5.42. The Morgan fingerprint density at radius 2 is 1.39 bits per heavy atom. The predicted molar refractivity (Wildman–Crippen MR) is 69.0 cm³/mol. The molecular weight excluding hydrogens is 228 g/mol. The molecule has 4 nitrogen and oxygen atoms in total. The molecule has 0 aliphatic carbocycles. The van der Waals surface area contributed by atoms with Gasteiger partial charge in [-0.2, -0.15) is 0 Å². The van der Waals surface area contributed by atoms with Crippen molar-refractivity contribution in [3.63, 3.8) is 0 Å². The van der Waals surface area contributed by atoms with Gasteiger partial charge in [0.1, 0.15) is 0 Å². The molecule has 2 N–H and O–H groups in total. The zero-order chi connectivity index (χ0) is 12.8. The summed E-state index contributed by atoms with van der Waals surface area (Å²) in [5.41, 5.74) is 6.83. The van der Waals surface area contributed by atoms with Crippen molar-refractivity contribution in [2.75, 3.05) is 0 Å². The van der Waals surface area contributed by atoms with E-state index in [0.717, 1.165) is 0 Å². The van der Waals surface area contributed by atoms with Gasteiger partial charge in [0.25, 0.3) is 0 Å². The fraction of sp³-hybridized carbons (Fsp3) is 0. The van der Waals surface area contributed by atoms with Crippen LogP contribution in [0, 0.1) is 0 Å². The number of hydrogen-bond acceptors (Lipinski definition) is 3. The Morgan fingerprint density at radius 1 is 0.889 bits per heavy atom. The second kappa shape index (κ2) is 5.63. The van der Waals surface area contributed by atoms with Crippen LogP contribution in [0.5, 0.6) is 0 Å². The smallest absolute Gasteiger partial charge is 0.365 e. The Bertz CT molecular complexity index is 551. The van der Waals surface area contributed by atoms with E-state index in [1.807, 2.05) is 24.3 Å². The summed E-state index contributed by atoms with van der Waals surface area (Å²) in [6, 6.07) is 17.7. The Kier molecular flexibility index (Phi) is 3.71. The van der Waals surface area contributed by atoms with Gasteiger partial charge in [-0.05, 0) is 12.1 Å². The average molecular weight is 240 g/mol. The molecule has 0 unspecified atom stereocenters. The molecule has 2 aromatic carbocycles. The summed E-state index contributed by atoms with van der Waals surface area (Å²) >= 11 is 0. The van der Waals surface area contributed by atoms with Crippen molar-refractivity contribution < 1.29 is 9.63 Å². The van der Waals surface area contributed by atoms with E-state index in [2.05, 4.69) is 5.16 Å². The third kappa shape index (κ3) is 2.95. The van der Waals surface area contributed by atoms with Crippen LogP contribution >= 0.6 is 0 Å². The minimum Gasteiger partial charge on any atom is -0.380 e. The summed E-state index contributed by atoms with van der Waals surface area (Å²) in [7, 11) is 0. The number of oxime groups is 1. The fourth-order valence-electron chi connectivity index (χ4n) is 1.38. The van der Waals surface area contributed by atoms with Gasteiger partial charge in [-0.15, -0.1) is 0 Å². The molecule has 4 heteroatoms. The molecule has 18 heavy (non-hydrogen) atoms. The quantitative estimate of drug-likeness (QED) is 0.387. The molecule has 0 aliphatic rings. The lowest BCUT2D eigenvalue weighted by molar-refractivity contribution is 0.0516. The van der Waals surface area contributed by atoms with Crippen LogP contribution < -0.4 is 5.73 Å². The number of nitrogens with zero attached hydrogens (tertiary/aromatic N) is 1. The molecule has 2 rings (SSSR count). The van der Waals surface area contributed by atoms with Crippen LogP contribution in [0.1, 0.15) is 15.9 Å². The van der Waals surface area contributed by atoms with E-state index in [1.165, 1.54) is 0 Å². The van der Waals surface area contributed by atoms with Gasteiger partial charge in [-0.3, -0.25) is 0 Å². The number of rotatable bonds is 3. The summed E-state index contributed by atoms with van der Waals surface area (Å²) in [6.45, 7) is 0. The van der Waals surface area contributed by atoms with Gasteiger partial charge < -0.3 is 10.6 Å². The number of nitrogens with two attached hydrogens (primary N) is 1. The molecule has 0 fully saturated rings. The molecule has 0 aromatic heterocycles. The van der Waals surface area contributed by atoms with Gasteiger partial charge in [0, 0.05) is 5.56 Å². The highest BCUT2D eigenvalue weighted by Crippen LogP contribution is 2.03. The van der Waals surface area contributed by atoms with Crippen LogP contribution in [-0.2, 0) is 4.84 Å². The molecular formula is C14H12N2O2. The molecule has 2 aromatic rings. The first kappa shape index (κ1) is 11.9. The molecule has 90 valence electrons. The molecule has 0 spiro atoms. The number of amidine groups is 1. The minimum absolute atomic E-state index is 0.167. The van der Waals surface area contributed by atoms with E-state index < -0.39 is 5.97 Å². The van der Waals surface area contributed by atoms with Gasteiger partial charge in [0.05, 0.1) is 5.56 Å². The van der Waals surface area contributed by atoms with Gasteiger partial charge in [-0.25, -0.2) is 4.79 Å². The van der Waals surface area contributed by atoms with E-state index in [9.17, 15) is 4.79 Å². The molecule has 0 atom stereocenters. The molecule has 0 amide bonds. The summed E-state index contributed by atoms with van der Waals surface area (Å²) in [6.07, 6.45) is 0. The molecule has 0 saturated carbocycles. The Hall–Kier alpha value is -2.62. The summed E-state index contributed by atoms with van der Waals surface area (Å²) in [5.74, 6) is -0.366. The van der Waals surface area contributed by atoms with Gasteiger partial charge in [0.15, 0.2) is 5.84 Å². The van der Waals surface area contributed by atoms with Gasteiger partial charge >= 0.3 is 5.97 Å². The molecule has 0 radical (unpaired) electrons. The standard InChI is InChI=1S/C14H12N2O2/c15-13(11-7-3-1-4-8-11)16-18-14(17)12-9-5-2-6-10-12/h1-10H,(H2,15,16). The van der Waals surface area contributed by atoms with E-state index in [0.29, 0.717) is 11.1 Å². The van der Waals surface area contributed by atoms with Gasteiger partial charge in [-0.1, -0.05) is 53.7 Å².